The highest BCUT2D eigenvalue weighted by molar-refractivity contribution is 7.91. The Balaban J connectivity index is 1.92. The fourth-order valence-electron chi connectivity index (χ4n) is 3.19. The van der Waals surface area contributed by atoms with Crippen molar-refractivity contribution in [1.82, 2.24) is 4.90 Å². The Labute approximate surface area is 104 Å². The molecular weight excluding hydrogens is 236 g/mol. The molecule has 2 atom stereocenters. The van der Waals surface area contributed by atoms with Crippen LogP contribution in [0.2, 0.25) is 0 Å². The van der Waals surface area contributed by atoms with Gasteiger partial charge in [0.2, 0.25) is 0 Å². The summed E-state index contributed by atoms with van der Waals surface area (Å²) in [7, 11) is -2.78. The van der Waals surface area contributed by atoms with Crippen molar-refractivity contribution in [3.63, 3.8) is 0 Å². The number of sulfone groups is 1. The standard InChI is InChI=1S/C12H24N2O2S/c13-6-5-11-3-1-7-14(9-11)12-4-2-8-17(15,16)10-12/h11-12H,1-10,13H2. The number of nitrogens with zero attached hydrogens (tertiary/aromatic N) is 1. The molecule has 2 N–H and O–H groups in total. The maximum Gasteiger partial charge on any atom is 0.151 e. The fourth-order valence-corrected chi connectivity index (χ4v) is 4.92. The van der Waals surface area contributed by atoms with Gasteiger partial charge in [-0.05, 0) is 51.1 Å². The van der Waals surface area contributed by atoms with Crippen molar-refractivity contribution in [2.45, 2.75) is 38.1 Å². The molecule has 2 heterocycles. The van der Waals surface area contributed by atoms with Gasteiger partial charge >= 0.3 is 0 Å². The Hall–Kier alpha value is -0.130. The molecule has 4 nitrogen and oxygen atoms in total. The summed E-state index contributed by atoms with van der Waals surface area (Å²) in [5.74, 6) is 1.45. The van der Waals surface area contributed by atoms with Crippen molar-refractivity contribution in [1.29, 1.82) is 0 Å². The van der Waals surface area contributed by atoms with Gasteiger partial charge in [0.15, 0.2) is 9.84 Å². The minimum atomic E-state index is -2.78. The van der Waals surface area contributed by atoms with E-state index in [0.29, 0.717) is 17.4 Å². The molecule has 2 aliphatic rings. The largest absolute Gasteiger partial charge is 0.330 e. The fraction of sp³-hybridized carbons (Fsp3) is 1.00. The third-order valence-corrected chi connectivity index (χ3v) is 5.88. The molecule has 2 unspecified atom stereocenters. The second kappa shape index (κ2) is 5.67. The van der Waals surface area contributed by atoms with Gasteiger partial charge in [-0.25, -0.2) is 8.42 Å². The molecule has 2 saturated heterocycles. The van der Waals surface area contributed by atoms with E-state index in [2.05, 4.69) is 4.90 Å². The van der Waals surface area contributed by atoms with Crippen LogP contribution in [-0.4, -0.2) is 50.5 Å². The summed E-state index contributed by atoms with van der Waals surface area (Å²) in [6.45, 7) is 2.88. The quantitative estimate of drug-likeness (QED) is 0.808. The summed E-state index contributed by atoms with van der Waals surface area (Å²) in [5.41, 5.74) is 5.61. The van der Waals surface area contributed by atoms with Crippen molar-refractivity contribution in [3.05, 3.63) is 0 Å². The van der Waals surface area contributed by atoms with Crippen molar-refractivity contribution >= 4 is 9.84 Å². The number of hydrogen-bond donors (Lipinski definition) is 1. The van der Waals surface area contributed by atoms with Crippen LogP contribution in [0.3, 0.4) is 0 Å². The van der Waals surface area contributed by atoms with Crippen LogP contribution >= 0.6 is 0 Å². The Morgan fingerprint density at radius 3 is 2.76 bits per heavy atom. The van der Waals surface area contributed by atoms with Crippen molar-refractivity contribution in [2.75, 3.05) is 31.1 Å². The molecule has 0 aromatic heterocycles. The van der Waals surface area contributed by atoms with Gasteiger partial charge in [-0.2, -0.15) is 0 Å². The van der Waals surface area contributed by atoms with E-state index in [9.17, 15) is 8.42 Å². The number of hydrogen-bond acceptors (Lipinski definition) is 4. The predicted molar refractivity (Wildman–Crippen MR) is 69.6 cm³/mol. The van der Waals surface area contributed by atoms with Gasteiger partial charge in [0.1, 0.15) is 0 Å². The molecule has 0 aromatic rings. The second-order valence-corrected chi connectivity index (χ2v) is 7.72. The molecule has 0 spiro atoms. The number of rotatable bonds is 3. The molecule has 0 saturated carbocycles. The van der Waals surface area contributed by atoms with Gasteiger partial charge in [0.05, 0.1) is 11.5 Å². The first kappa shape index (κ1) is 13.3. The molecular formula is C12H24N2O2S. The Morgan fingerprint density at radius 2 is 2.06 bits per heavy atom. The lowest BCUT2D eigenvalue weighted by molar-refractivity contribution is 0.122. The molecule has 0 aliphatic carbocycles. The number of nitrogens with two attached hydrogens (primary N) is 1. The third-order valence-electron chi connectivity index (χ3n) is 4.08. The monoisotopic (exact) mass is 260 g/mol. The summed E-state index contributed by atoms with van der Waals surface area (Å²) >= 11 is 0. The van der Waals surface area contributed by atoms with Gasteiger partial charge in [0, 0.05) is 12.6 Å². The van der Waals surface area contributed by atoms with Crippen molar-refractivity contribution in [2.24, 2.45) is 11.7 Å². The SMILES string of the molecule is NCCC1CCCN(C2CCCS(=O)(=O)C2)C1. The molecule has 0 amide bonds. The van der Waals surface area contributed by atoms with E-state index in [-0.39, 0.29) is 6.04 Å². The van der Waals surface area contributed by atoms with Crippen LogP contribution in [0.4, 0.5) is 0 Å². The average Bonchev–Trinajstić information content (AvgIpc) is 2.28. The van der Waals surface area contributed by atoms with Crippen LogP contribution in [0.5, 0.6) is 0 Å². The lowest BCUT2D eigenvalue weighted by Gasteiger charge is -2.39. The summed E-state index contributed by atoms with van der Waals surface area (Å²) in [6, 6.07) is 0.273. The Bertz CT molecular complexity index is 340. The summed E-state index contributed by atoms with van der Waals surface area (Å²) in [5, 5.41) is 0. The minimum absolute atomic E-state index is 0.273. The zero-order chi connectivity index (χ0) is 12.3. The summed E-state index contributed by atoms with van der Waals surface area (Å²) in [4.78, 5) is 2.40. The molecule has 2 rings (SSSR count). The lowest BCUT2D eigenvalue weighted by Crippen LogP contribution is -2.48. The van der Waals surface area contributed by atoms with Gasteiger partial charge < -0.3 is 5.73 Å². The molecule has 0 radical (unpaired) electrons. The molecule has 0 aromatic carbocycles. The molecule has 0 bridgehead atoms. The lowest BCUT2D eigenvalue weighted by atomic mass is 9.93. The first-order valence-electron chi connectivity index (χ1n) is 6.75. The van der Waals surface area contributed by atoms with Gasteiger partial charge in [-0.1, -0.05) is 0 Å². The van der Waals surface area contributed by atoms with E-state index >= 15 is 0 Å². The van der Waals surface area contributed by atoms with E-state index in [1.54, 1.807) is 0 Å². The van der Waals surface area contributed by atoms with Crippen LogP contribution in [0.15, 0.2) is 0 Å². The van der Waals surface area contributed by atoms with Crippen LogP contribution < -0.4 is 5.73 Å². The van der Waals surface area contributed by atoms with E-state index < -0.39 is 9.84 Å². The highest BCUT2D eigenvalue weighted by Crippen LogP contribution is 2.25. The minimum Gasteiger partial charge on any atom is -0.330 e. The van der Waals surface area contributed by atoms with Crippen molar-refractivity contribution < 1.29 is 8.42 Å². The van der Waals surface area contributed by atoms with Crippen LogP contribution in [0.25, 0.3) is 0 Å². The Morgan fingerprint density at radius 1 is 1.24 bits per heavy atom. The Kier molecular flexibility index (Phi) is 4.44. The van der Waals surface area contributed by atoms with Gasteiger partial charge in [-0.3, -0.25) is 4.90 Å². The molecule has 2 fully saturated rings. The zero-order valence-electron chi connectivity index (χ0n) is 10.5. The van der Waals surface area contributed by atoms with E-state index in [0.717, 1.165) is 38.9 Å². The van der Waals surface area contributed by atoms with Gasteiger partial charge in [0.25, 0.3) is 0 Å². The van der Waals surface area contributed by atoms with Crippen LogP contribution in [0.1, 0.15) is 32.1 Å². The average molecular weight is 260 g/mol. The highest BCUT2D eigenvalue weighted by Gasteiger charge is 2.31. The van der Waals surface area contributed by atoms with Gasteiger partial charge in [-0.15, -0.1) is 0 Å². The maximum atomic E-state index is 11.7. The normalized spacial score (nSPS) is 34.6. The third kappa shape index (κ3) is 3.66. The molecule has 2 aliphatic heterocycles. The topological polar surface area (TPSA) is 63.4 Å². The predicted octanol–water partition coefficient (Wildman–Crippen LogP) is 0.624. The van der Waals surface area contributed by atoms with E-state index in [4.69, 9.17) is 5.73 Å². The number of piperidine rings is 1. The first-order chi connectivity index (χ1) is 8.11. The second-order valence-electron chi connectivity index (χ2n) is 5.49. The molecule has 17 heavy (non-hydrogen) atoms. The highest BCUT2D eigenvalue weighted by atomic mass is 32.2. The van der Waals surface area contributed by atoms with Crippen LogP contribution in [0, 0.1) is 5.92 Å². The number of likely N-dealkylation sites (tertiary alicyclic amines) is 1. The summed E-state index contributed by atoms with van der Waals surface area (Å²) < 4.78 is 23.3. The summed E-state index contributed by atoms with van der Waals surface area (Å²) in [6.07, 6.45) is 5.42. The van der Waals surface area contributed by atoms with E-state index in [1.807, 2.05) is 0 Å². The van der Waals surface area contributed by atoms with Crippen LogP contribution in [-0.2, 0) is 9.84 Å². The maximum absolute atomic E-state index is 11.7. The molecule has 100 valence electrons. The first-order valence-corrected chi connectivity index (χ1v) is 8.57. The smallest absolute Gasteiger partial charge is 0.151 e. The zero-order valence-corrected chi connectivity index (χ0v) is 11.3. The van der Waals surface area contributed by atoms with Crippen molar-refractivity contribution in [3.8, 4) is 0 Å². The van der Waals surface area contributed by atoms with E-state index in [1.165, 1.54) is 12.8 Å². The molecule has 5 heteroatoms.